The summed E-state index contributed by atoms with van der Waals surface area (Å²) in [6.45, 7) is 8.63. The number of aromatic nitrogens is 2. The van der Waals surface area contributed by atoms with Crippen LogP contribution in [0.4, 0.5) is 0 Å². The summed E-state index contributed by atoms with van der Waals surface area (Å²) >= 11 is 1.44. The topological polar surface area (TPSA) is 71.3 Å². The van der Waals surface area contributed by atoms with E-state index in [1.165, 1.54) is 22.9 Å². The fraction of sp³-hybridized carbons (Fsp3) is 0.375. The van der Waals surface area contributed by atoms with Crippen molar-refractivity contribution < 1.29 is 9.21 Å². The van der Waals surface area contributed by atoms with Crippen LogP contribution in [0.25, 0.3) is 11.6 Å². The molecule has 1 N–H and O–H groups in total. The SMILES string of the molecule is CSc1nc(-c2ccco2)nc(C)c1C(=O)NCC(C)(C)N1CCc2ccccc2C1. The molecule has 0 radical (unpaired) electrons. The molecular weight excluding hydrogens is 408 g/mol. The van der Waals surface area contributed by atoms with Gasteiger partial charge in [-0.2, -0.15) is 0 Å². The Morgan fingerprint density at radius 3 is 2.68 bits per heavy atom. The van der Waals surface area contributed by atoms with Gasteiger partial charge in [0.05, 0.1) is 17.5 Å². The summed E-state index contributed by atoms with van der Waals surface area (Å²) in [5, 5.41) is 3.79. The summed E-state index contributed by atoms with van der Waals surface area (Å²) in [4.78, 5) is 24.6. The van der Waals surface area contributed by atoms with Crippen LogP contribution in [0.1, 0.15) is 41.0 Å². The zero-order valence-electron chi connectivity index (χ0n) is 18.4. The molecule has 2 aromatic heterocycles. The van der Waals surface area contributed by atoms with Gasteiger partial charge in [-0.25, -0.2) is 9.97 Å². The second kappa shape index (κ2) is 8.85. The number of thioether (sulfide) groups is 1. The van der Waals surface area contributed by atoms with Gasteiger partial charge >= 0.3 is 0 Å². The van der Waals surface area contributed by atoms with Gasteiger partial charge < -0.3 is 9.73 Å². The Labute approximate surface area is 187 Å². The van der Waals surface area contributed by atoms with E-state index < -0.39 is 0 Å². The minimum absolute atomic E-state index is 0.140. The predicted molar refractivity (Wildman–Crippen MR) is 123 cm³/mol. The van der Waals surface area contributed by atoms with Crippen LogP contribution in [0.5, 0.6) is 0 Å². The van der Waals surface area contributed by atoms with Crippen molar-refractivity contribution in [3.05, 3.63) is 65.0 Å². The molecule has 31 heavy (non-hydrogen) atoms. The van der Waals surface area contributed by atoms with Gasteiger partial charge in [-0.15, -0.1) is 11.8 Å². The molecule has 0 bridgehead atoms. The number of carbonyl (C=O) groups is 1. The Morgan fingerprint density at radius 2 is 1.97 bits per heavy atom. The average molecular weight is 437 g/mol. The van der Waals surface area contributed by atoms with E-state index in [1.54, 1.807) is 12.3 Å². The van der Waals surface area contributed by atoms with E-state index in [9.17, 15) is 4.79 Å². The first-order valence-corrected chi connectivity index (χ1v) is 11.7. The van der Waals surface area contributed by atoms with E-state index in [2.05, 4.69) is 58.3 Å². The highest BCUT2D eigenvalue weighted by Crippen LogP contribution is 2.27. The van der Waals surface area contributed by atoms with Gasteiger partial charge in [-0.1, -0.05) is 24.3 Å². The van der Waals surface area contributed by atoms with Crippen LogP contribution >= 0.6 is 11.8 Å². The average Bonchev–Trinajstić information content (AvgIpc) is 3.31. The smallest absolute Gasteiger partial charge is 0.255 e. The number of hydrogen-bond donors (Lipinski definition) is 1. The van der Waals surface area contributed by atoms with Crippen LogP contribution in [-0.2, 0) is 13.0 Å². The Kier molecular flexibility index (Phi) is 6.16. The number of aryl methyl sites for hydroxylation is 1. The molecule has 1 aromatic carbocycles. The Morgan fingerprint density at radius 1 is 1.19 bits per heavy atom. The van der Waals surface area contributed by atoms with E-state index >= 15 is 0 Å². The lowest BCUT2D eigenvalue weighted by molar-refractivity contribution is 0.0822. The molecular formula is C24H28N4O2S. The third-order valence-electron chi connectivity index (χ3n) is 5.89. The van der Waals surface area contributed by atoms with Gasteiger partial charge in [0.25, 0.3) is 5.91 Å². The van der Waals surface area contributed by atoms with E-state index in [-0.39, 0.29) is 11.4 Å². The second-order valence-electron chi connectivity index (χ2n) is 8.43. The Balaban J connectivity index is 1.48. The molecule has 0 spiro atoms. The van der Waals surface area contributed by atoms with Crippen molar-refractivity contribution in [2.45, 2.75) is 44.3 Å². The summed E-state index contributed by atoms with van der Waals surface area (Å²) in [7, 11) is 0. The lowest BCUT2D eigenvalue weighted by Crippen LogP contribution is -2.53. The molecule has 0 unspecified atom stereocenters. The summed E-state index contributed by atoms with van der Waals surface area (Å²) in [5.41, 5.74) is 3.80. The monoisotopic (exact) mass is 436 g/mol. The highest BCUT2D eigenvalue weighted by atomic mass is 32.2. The first-order valence-electron chi connectivity index (χ1n) is 10.5. The normalized spacial score (nSPS) is 14.3. The minimum Gasteiger partial charge on any atom is -0.461 e. The number of fused-ring (bicyclic) bond motifs is 1. The van der Waals surface area contributed by atoms with E-state index in [0.717, 1.165) is 19.5 Å². The molecule has 0 fully saturated rings. The number of hydrogen-bond acceptors (Lipinski definition) is 6. The maximum atomic E-state index is 13.1. The van der Waals surface area contributed by atoms with Crippen molar-refractivity contribution >= 4 is 17.7 Å². The highest BCUT2D eigenvalue weighted by Gasteiger charge is 2.31. The molecule has 1 amide bonds. The molecule has 0 atom stereocenters. The lowest BCUT2D eigenvalue weighted by Gasteiger charge is -2.41. The molecule has 3 aromatic rings. The van der Waals surface area contributed by atoms with Crippen LogP contribution in [0.2, 0.25) is 0 Å². The Bertz CT molecular complexity index is 1080. The zero-order chi connectivity index (χ0) is 22.0. The minimum atomic E-state index is -0.175. The largest absolute Gasteiger partial charge is 0.461 e. The van der Waals surface area contributed by atoms with Crippen LogP contribution in [0.15, 0.2) is 52.1 Å². The fourth-order valence-corrected chi connectivity index (χ4v) is 4.60. The first-order chi connectivity index (χ1) is 14.9. The second-order valence-corrected chi connectivity index (χ2v) is 9.22. The molecule has 0 aliphatic carbocycles. The van der Waals surface area contributed by atoms with Crippen LogP contribution in [0.3, 0.4) is 0 Å². The molecule has 7 heteroatoms. The van der Waals surface area contributed by atoms with Crippen molar-refractivity contribution in [2.24, 2.45) is 0 Å². The third-order valence-corrected chi connectivity index (χ3v) is 6.57. The van der Waals surface area contributed by atoms with Crippen molar-refractivity contribution in [2.75, 3.05) is 19.3 Å². The lowest BCUT2D eigenvalue weighted by atomic mass is 9.94. The van der Waals surface area contributed by atoms with Crippen molar-refractivity contribution in [3.63, 3.8) is 0 Å². The van der Waals surface area contributed by atoms with E-state index in [4.69, 9.17) is 4.42 Å². The molecule has 0 saturated carbocycles. The van der Waals surface area contributed by atoms with Crippen molar-refractivity contribution in [1.29, 1.82) is 0 Å². The number of nitrogens with zero attached hydrogens (tertiary/aromatic N) is 3. The van der Waals surface area contributed by atoms with Crippen LogP contribution in [0, 0.1) is 6.92 Å². The quantitative estimate of drug-likeness (QED) is 0.458. The Hall–Kier alpha value is -2.64. The van der Waals surface area contributed by atoms with Crippen molar-refractivity contribution in [3.8, 4) is 11.6 Å². The van der Waals surface area contributed by atoms with Crippen molar-refractivity contribution in [1.82, 2.24) is 20.2 Å². The maximum Gasteiger partial charge on any atom is 0.255 e. The van der Waals surface area contributed by atoms with Gasteiger partial charge in [-0.3, -0.25) is 9.69 Å². The van der Waals surface area contributed by atoms with Crippen LogP contribution < -0.4 is 5.32 Å². The van der Waals surface area contributed by atoms with E-state index in [1.807, 2.05) is 19.2 Å². The highest BCUT2D eigenvalue weighted by molar-refractivity contribution is 7.98. The molecule has 6 nitrogen and oxygen atoms in total. The van der Waals surface area contributed by atoms with Crippen LogP contribution in [-0.4, -0.2) is 45.7 Å². The summed E-state index contributed by atoms with van der Waals surface area (Å²) in [5.74, 6) is 0.950. The predicted octanol–water partition coefficient (Wildman–Crippen LogP) is 4.33. The summed E-state index contributed by atoms with van der Waals surface area (Å²) in [6.07, 6.45) is 4.54. The first kappa shape index (κ1) is 21.6. The molecule has 1 aliphatic heterocycles. The molecule has 3 heterocycles. The number of nitrogens with one attached hydrogen (secondary N) is 1. The molecule has 0 saturated heterocycles. The number of carbonyl (C=O) groups excluding carboxylic acids is 1. The third kappa shape index (κ3) is 4.52. The number of benzene rings is 1. The van der Waals surface area contributed by atoms with Gasteiger partial charge in [0, 0.05) is 25.2 Å². The van der Waals surface area contributed by atoms with Gasteiger partial charge in [-0.05, 0) is 56.7 Å². The standard InChI is InChI=1S/C24H28N4O2S/c1-16-20(23(31-4)27-21(26-16)19-10-7-13-30-19)22(29)25-15-24(2,3)28-12-11-17-8-5-6-9-18(17)14-28/h5-10,13H,11-12,14-15H2,1-4H3,(H,25,29). The van der Waals surface area contributed by atoms with Gasteiger partial charge in [0.2, 0.25) is 0 Å². The molecule has 4 rings (SSSR count). The van der Waals surface area contributed by atoms with Gasteiger partial charge in [0.1, 0.15) is 5.03 Å². The zero-order valence-corrected chi connectivity index (χ0v) is 19.3. The summed E-state index contributed by atoms with van der Waals surface area (Å²) in [6, 6.07) is 12.2. The van der Waals surface area contributed by atoms with E-state index in [0.29, 0.717) is 34.4 Å². The van der Waals surface area contributed by atoms with Gasteiger partial charge in [0.15, 0.2) is 11.6 Å². The summed E-state index contributed by atoms with van der Waals surface area (Å²) < 4.78 is 5.42. The fourth-order valence-electron chi connectivity index (χ4n) is 3.98. The maximum absolute atomic E-state index is 13.1. The molecule has 1 aliphatic rings. The molecule has 162 valence electrons. The number of rotatable bonds is 6. The number of amides is 1. The number of furan rings is 1.